The Labute approximate surface area is 108 Å². The second-order valence-electron chi connectivity index (χ2n) is 3.23. The van der Waals surface area contributed by atoms with Gasteiger partial charge in [0, 0.05) is 12.6 Å². The fourth-order valence-electron chi connectivity index (χ4n) is 1.01. The molecule has 0 aromatic heterocycles. The van der Waals surface area contributed by atoms with Crippen molar-refractivity contribution in [1.29, 1.82) is 0 Å². The molecule has 0 saturated carbocycles. The maximum atomic E-state index is 11.4. The van der Waals surface area contributed by atoms with Gasteiger partial charge in [0.1, 0.15) is 0 Å². The molecule has 8 nitrogen and oxygen atoms in total. The molecule has 0 N–H and O–H groups in total. The van der Waals surface area contributed by atoms with Crippen LogP contribution in [0.15, 0.2) is 0 Å². The highest BCUT2D eigenvalue weighted by Gasteiger charge is 2.30. The predicted molar refractivity (Wildman–Crippen MR) is 65.8 cm³/mol. The molecule has 0 rings (SSSR count). The van der Waals surface area contributed by atoms with Crippen LogP contribution >= 0.6 is 8.03 Å². The normalized spacial score (nSPS) is 16.4. The molecule has 18 heavy (non-hydrogen) atoms. The second-order valence-corrected chi connectivity index (χ2v) is 8.21. The highest BCUT2D eigenvalue weighted by atomic mass is 32.2. The molecule has 0 spiro atoms. The Balaban J connectivity index is 4.75. The van der Waals surface area contributed by atoms with Crippen LogP contribution < -0.4 is 0 Å². The number of hydrogen-bond donors (Lipinski definition) is 0. The molecule has 11 heteroatoms. The smallest absolute Gasteiger partial charge is 0.295 e. The zero-order chi connectivity index (χ0) is 14.4. The van der Waals surface area contributed by atoms with Crippen molar-refractivity contribution >= 4 is 28.3 Å². The molecule has 0 radical (unpaired) electrons. The Morgan fingerprint density at radius 2 is 1.78 bits per heavy atom. The van der Waals surface area contributed by atoms with E-state index in [9.17, 15) is 21.4 Å². The van der Waals surface area contributed by atoms with Crippen molar-refractivity contribution in [1.82, 2.24) is 0 Å². The molecule has 0 aliphatic rings. The van der Waals surface area contributed by atoms with Gasteiger partial charge in [0.25, 0.3) is 20.2 Å². The Bertz CT molecular complexity index is 468. The third-order valence-electron chi connectivity index (χ3n) is 1.73. The van der Waals surface area contributed by atoms with Gasteiger partial charge in [-0.2, -0.15) is 16.8 Å². The van der Waals surface area contributed by atoms with Gasteiger partial charge in [-0.05, 0) is 6.92 Å². The van der Waals surface area contributed by atoms with Crippen molar-refractivity contribution in [2.24, 2.45) is 0 Å². The molecule has 0 heterocycles. The molecule has 0 saturated heterocycles. The zero-order valence-electron chi connectivity index (χ0n) is 10.3. The largest absolute Gasteiger partial charge is 0.331 e. The molecule has 110 valence electrons. The summed E-state index contributed by atoms with van der Waals surface area (Å²) in [5, 5.41) is 0. The maximum absolute atomic E-state index is 11.4. The van der Waals surface area contributed by atoms with Gasteiger partial charge in [-0.25, -0.2) is 4.18 Å². The quantitative estimate of drug-likeness (QED) is 0.435. The van der Waals surface area contributed by atoms with Crippen molar-refractivity contribution in [2.75, 3.05) is 26.1 Å². The van der Waals surface area contributed by atoms with Gasteiger partial charge in [-0.1, -0.05) is 0 Å². The molecule has 0 aliphatic heterocycles. The van der Waals surface area contributed by atoms with Gasteiger partial charge in [0.05, 0.1) is 20.0 Å². The average molecular weight is 324 g/mol. The monoisotopic (exact) mass is 324 g/mol. The molecule has 0 aromatic rings. The van der Waals surface area contributed by atoms with Gasteiger partial charge in [0.2, 0.25) is 5.44 Å². The molecule has 2 atom stereocenters. The van der Waals surface area contributed by atoms with E-state index in [1.165, 1.54) is 0 Å². The first-order chi connectivity index (χ1) is 8.12. The molecule has 0 aromatic carbocycles. The van der Waals surface area contributed by atoms with E-state index in [1.54, 1.807) is 6.92 Å². The van der Waals surface area contributed by atoms with Crippen molar-refractivity contribution in [3.05, 3.63) is 0 Å². The summed E-state index contributed by atoms with van der Waals surface area (Å²) in [6.07, 6.45) is 0.319. The van der Waals surface area contributed by atoms with Crippen molar-refractivity contribution in [2.45, 2.75) is 18.8 Å². The summed E-state index contributed by atoms with van der Waals surface area (Å²) in [4.78, 5) is 0. The fraction of sp³-hybridized carbons (Fsp3) is 1.00. The lowest BCUT2D eigenvalue weighted by Gasteiger charge is -2.14. The first-order valence-corrected chi connectivity index (χ1v) is 9.77. The Morgan fingerprint density at radius 3 is 2.17 bits per heavy atom. The van der Waals surface area contributed by atoms with E-state index in [4.69, 9.17) is 4.52 Å². The van der Waals surface area contributed by atoms with E-state index in [-0.39, 0.29) is 19.2 Å². The van der Waals surface area contributed by atoms with Gasteiger partial charge in [-0.3, -0.25) is 8.75 Å². The lowest BCUT2D eigenvalue weighted by molar-refractivity contribution is 0.248. The minimum Gasteiger partial charge on any atom is -0.331 e. The van der Waals surface area contributed by atoms with Crippen molar-refractivity contribution < 1.29 is 34.3 Å². The van der Waals surface area contributed by atoms with E-state index in [1.807, 2.05) is 0 Å². The summed E-state index contributed by atoms with van der Waals surface area (Å²) >= 11 is 0. The standard InChI is InChI=1S/C7H17O8PS2/c1-4-14-16(8)6-5-7(15-17(3,9)10)18(11,12)13-2/h7,16H,4-6H2,1-3H3. The molecule has 0 amide bonds. The van der Waals surface area contributed by atoms with E-state index in [0.717, 1.165) is 13.4 Å². The van der Waals surface area contributed by atoms with Crippen LogP contribution in [0.4, 0.5) is 0 Å². The molecular weight excluding hydrogens is 307 g/mol. The summed E-state index contributed by atoms with van der Waals surface area (Å²) in [6, 6.07) is 0. The fourth-order valence-corrected chi connectivity index (χ4v) is 4.11. The third-order valence-corrected chi connectivity index (χ3v) is 5.18. The van der Waals surface area contributed by atoms with Crippen LogP contribution in [0.1, 0.15) is 13.3 Å². The van der Waals surface area contributed by atoms with Crippen LogP contribution in [0.3, 0.4) is 0 Å². The second kappa shape index (κ2) is 7.56. The predicted octanol–water partition coefficient (Wildman–Crippen LogP) is 0.166. The lowest BCUT2D eigenvalue weighted by Crippen LogP contribution is -2.28. The van der Waals surface area contributed by atoms with Crippen LogP contribution in [0.5, 0.6) is 0 Å². The highest BCUT2D eigenvalue weighted by molar-refractivity contribution is 7.89. The number of hydrogen-bond acceptors (Lipinski definition) is 8. The van der Waals surface area contributed by atoms with Crippen LogP contribution in [-0.2, 0) is 37.7 Å². The summed E-state index contributed by atoms with van der Waals surface area (Å²) in [5.74, 6) is 0. The Hall–Kier alpha value is 0.01000. The minimum atomic E-state index is -4.18. The van der Waals surface area contributed by atoms with Crippen LogP contribution in [0, 0.1) is 0 Å². The number of rotatable bonds is 9. The van der Waals surface area contributed by atoms with Crippen LogP contribution in [-0.4, -0.2) is 48.4 Å². The van der Waals surface area contributed by atoms with Crippen molar-refractivity contribution in [3.8, 4) is 0 Å². The first kappa shape index (κ1) is 18.0. The van der Waals surface area contributed by atoms with E-state index in [0.29, 0.717) is 0 Å². The first-order valence-electron chi connectivity index (χ1n) is 4.95. The maximum Gasteiger partial charge on any atom is 0.295 e. The van der Waals surface area contributed by atoms with Gasteiger partial charge in [0.15, 0.2) is 8.03 Å². The van der Waals surface area contributed by atoms with Crippen molar-refractivity contribution in [3.63, 3.8) is 0 Å². The van der Waals surface area contributed by atoms with Gasteiger partial charge in [-0.15, -0.1) is 0 Å². The van der Waals surface area contributed by atoms with Gasteiger partial charge < -0.3 is 4.52 Å². The Morgan fingerprint density at radius 1 is 1.22 bits per heavy atom. The minimum absolute atomic E-state index is 0.110. The lowest BCUT2D eigenvalue weighted by atomic mass is 10.5. The topological polar surface area (TPSA) is 113 Å². The third kappa shape index (κ3) is 7.45. The zero-order valence-corrected chi connectivity index (χ0v) is 12.9. The molecular formula is C7H17O8PS2. The average Bonchev–Trinajstić information content (AvgIpc) is 2.23. The van der Waals surface area contributed by atoms with E-state index < -0.39 is 33.7 Å². The van der Waals surface area contributed by atoms with Crippen LogP contribution in [0.25, 0.3) is 0 Å². The SMILES string of the molecule is CCO[PH](=O)CCC(OS(C)(=O)=O)S(=O)(=O)OC. The molecule has 0 aliphatic carbocycles. The van der Waals surface area contributed by atoms with E-state index >= 15 is 0 Å². The van der Waals surface area contributed by atoms with Gasteiger partial charge >= 0.3 is 0 Å². The Kier molecular flexibility index (Phi) is 7.57. The van der Waals surface area contributed by atoms with E-state index in [2.05, 4.69) is 8.37 Å². The summed E-state index contributed by atoms with van der Waals surface area (Å²) < 4.78 is 69.3. The highest BCUT2D eigenvalue weighted by Crippen LogP contribution is 2.26. The summed E-state index contributed by atoms with van der Waals surface area (Å²) in [5.41, 5.74) is -1.72. The summed E-state index contributed by atoms with van der Waals surface area (Å²) in [6.45, 7) is 1.87. The molecule has 0 bridgehead atoms. The molecule has 2 unspecified atom stereocenters. The van der Waals surface area contributed by atoms with Crippen LogP contribution in [0.2, 0.25) is 0 Å². The summed E-state index contributed by atoms with van der Waals surface area (Å²) in [7, 11) is -9.67. The molecule has 0 fully saturated rings.